The number of benzene rings is 1. The third kappa shape index (κ3) is 4.61. The maximum Gasteiger partial charge on any atom is 0.209 e. The lowest BCUT2D eigenvalue weighted by atomic mass is 9.85. The SMILES string of the molecule is CCC(CC)(COc1c(F)cccc1Cl)CS(N)(=O)=O. The van der Waals surface area contributed by atoms with Gasteiger partial charge in [-0.1, -0.05) is 31.5 Å². The fourth-order valence-electron chi connectivity index (χ4n) is 1.97. The molecule has 0 aliphatic heterocycles. The number of nitrogens with two attached hydrogens (primary N) is 1. The summed E-state index contributed by atoms with van der Waals surface area (Å²) in [5.74, 6) is -0.844. The predicted octanol–water partition coefficient (Wildman–Crippen LogP) is 2.95. The molecule has 0 bridgehead atoms. The minimum atomic E-state index is -3.64. The molecule has 0 saturated heterocycles. The lowest BCUT2D eigenvalue weighted by Gasteiger charge is -2.30. The van der Waals surface area contributed by atoms with Gasteiger partial charge in [-0.15, -0.1) is 0 Å². The van der Waals surface area contributed by atoms with Crippen molar-refractivity contribution in [3.8, 4) is 5.75 Å². The van der Waals surface area contributed by atoms with E-state index in [4.69, 9.17) is 21.5 Å². The fourth-order valence-corrected chi connectivity index (χ4v) is 3.54. The molecule has 1 aromatic carbocycles. The summed E-state index contributed by atoms with van der Waals surface area (Å²) in [6.45, 7) is 3.74. The Morgan fingerprint density at radius 2 is 1.95 bits per heavy atom. The Balaban J connectivity index is 2.93. The third-order valence-electron chi connectivity index (χ3n) is 3.45. The summed E-state index contributed by atoms with van der Waals surface area (Å²) in [4.78, 5) is 0. The molecule has 0 spiro atoms. The quantitative estimate of drug-likeness (QED) is 0.838. The first kappa shape index (κ1) is 17.2. The van der Waals surface area contributed by atoms with Crippen molar-refractivity contribution >= 4 is 21.6 Å². The van der Waals surface area contributed by atoms with Gasteiger partial charge in [0.1, 0.15) is 0 Å². The van der Waals surface area contributed by atoms with Gasteiger partial charge in [-0.2, -0.15) is 0 Å². The molecule has 20 heavy (non-hydrogen) atoms. The number of sulfonamides is 1. The van der Waals surface area contributed by atoms with Crippen LogP contribution < -0.4 is 9.88 Å². The van der Waals surface area contributed by atoms with Crippen LogP contribution in [0.25, 0.3) is 0 Å². The zero-order chi connectivity index (χ0) is 15.4. The van der Waals surface area contributed by atoms with E-state index >= 15 is 0 Å². The van der Waals surface area contributed by atoms with Crippen LogP contribution >= 0.6 is 11.6 Å². The molecule has 0 fully saturated rings. The van der Waals surface area contributed by atoms with Crippen LogP contribution in [-0.4, -0.2) is 20.8 Å². The highest BCUT2D eigenvalue weighted by atomic mass is 35.5. The molecule has 2 N–H and O–H groups in total. The molecule has 0 amide bonds. The molecule has 0 unspecified atom stereocenters. The third-order valence-corrected chi connectivity index (χ3v) is 4.76. The van der Waals surface area contributed by atoms with Crippen molar-refractivity contribution in [2.24, 2.45) is 10.6 Å². The van der Waals surface area contributed by atoms with Crippen LogP contribution in [0.3, 0.4) is 0 Å². The topological polar surface area (TPSA) is 69.4 Å². The van der Waals surface area contributed by atoms with E-state index in [-0.39, 0.29) is 23.1 Å². The molecule has 0 aromatic heterocycles. The van der Waals surface area contributed by atoms with Crippen molar-refractivity contribution in [3.63, 3.8) is 0 Å². The van der Waals surface area contributed by atoms with E-state index < -0.39 is 21.3 Å². The van der Waals surface area contributed by atoms with Gasteiger partial charge < -0.3 is 4.74 Å². The number of primary sulfonamides is 1. The fraction of sp³-hybridized carbons (Fsp3) is 0.538. The standard InChI is InChI=1S/C13H19ClFNO3S/c1-3-13(4-2,9-20(16,17)18)8-19-12-10(14)6-5-7-11(12)15/h5-7H,3-4,8-9H2,1-2H3,(H2,16,17,18). The smallest absolute Gasteiger partial charge is 0.209 e. The zero-order valence-electron chi connectivity index (χ0n) is 11.5. The maximum atomic E-state index is 13.6. The minimum absolute atomic E-state index is 0.0388. The first-order chi connectivity index (χ1) is 9.23. The van der Waals surface area contributed by atoms with Crippen LogP contribution in [0.15, 0.2) is 18.2 Å². The summed E-state index contributed by atoms with van der Waals surface area (Å²) in [5, 5.41) is 5.27. The lowest BCUT2D eigenvalue weighted by Crippen LogP contribution is -2.37. The molecule has 7 heteroatoms. The molecule has 0 heterocycles. The molecule has 1 rings (SSSR count). The van der Waals surface area contributed by atoms with E-state index in [1.54, 1.807) is 0 Å². The van der Waals surface area contributed by atoms with Crippen LogP contribution in [0, 0.1) is 11.2 Å². The Bertz CT molecular complexity index is 538. The molecular weight excluding hydrogens is 305 g/mol. The molecule has 0 atom stereocenters. The highest BCUT2D eigenvalue weighted by molar-refractivity contribution is 7.89. The van der Waals surface area contributed by atoms with Crippen LogP contribution in [-0.2, 0) is 10.0 Å². The molecule has 0 aliphatic rings. The second-order valence-corrected chi connectivity index (χ2v) is 6.88. The molecule has 4 nitrogen and oxygen atoms in total. The van der Waals surface area contributed by atoms with Gasteiger partial charge in [0, 0.05) is 5.41 Å². The predicted molar refractivity (Wildman–Crippen MR) is 77.9 cm³/mol. The van der Waals surface area contributed by atoms with Crippen LogP contribution in [0.4, 0.5) is 4.39 Å². The van der Waals surface area contributed by atoms with E-state index in [1.807, 2.05) is 13.8 Å². The first-order valence-corrected chi connectivity index (χ1v) is 8.39. The average Bonchev–Trinajstić information content (AvgIpc) is 2.35. The van der Waals surface area contributed by atoms with E-state index in [9.17, 15) is 12.8 Å². The zero-order valence-corrected chi connectivity index (χ0v) is 13.1. The Morgan fingerprint density at radius 1 is 1.35 bits per heavy atom. The lowest BCUT2D eigenvalue weighted by molar-refractivity contribution is 0.150. The number of rotatable bonds is 7. The number of ether oxygens (including phenoxy) is 1. The monoisotopic (exact) mass is 323 g/mol. The Hall–Kier alpha value is -0.850. The van der Waals surface area contributed by atoms with Gasteiger partial charge in [0.2, 0.25) is 10.0 Å². The minimum Gasteiger partial charge on any atom is -0.488 e. The van der Waals surface area contributed by atoms with Crippen molar-refractivity contribution < 1.29 is 17.5 Å². The van der Waals surface area contributed by atoms with E-state index in [0.29, 0.717) is 12.8 Å². The van der Waals surface area contributed by atoms with E-state index in [2.05, 4.69) is 0 Å². The van der Waals surface area contributed by atoms with Gasteiger partial charge in [0.15, 0.2) is 11.6 Å². The summed E-state index contributed by atoms with van der Waals surface area (Å²) >= 11 is 5.87. The van der Waals surface area contributed by atoms with Gasteiger partial charge >= 0.3 is 0 Å². The molecular formula is C13H19ClFNO3S. The van der Waals surface area contributed by atoms with E-state index in [1.165, 1.54) is 18.2 Å². The Kier molecular flexibility index (Phi) is 5.79. The van der Waals surface area contributed by atoms with Crippen LogP contribution in [0.5, 0.6) is 5.75 Å². The van der Waals surface area contributed by atoms with Gasteiger partial charge in [-0.05, 0) is 25.0 Å². The molecule has 1 aromatic rings. The highest BCUT2D eigenvalue weighted by Gasteiger charge is 2.32. The van der Waals surface area contributed by atoms with Crippen molar-refractivity contribution in [2.75, 3.05) is 12.4 Å². The maximum absolute atomic E-state index is 13.6. The van der Waals surface area contributed by atoms with Crippen molar-refractivity contribution in [1.82, 2.24) is 0 Å². The largest absolute Gasteiger partial charge is 0.488 e. The van der Waals surface area contributed by atoms with Gasteiger partial charge in [-0.3, -0.25) is 0 Å². The number of para-hydroxylation sites is 1. The van der Waals surface area contributed by atoms with Crippen LogP contribution in [0.1, 0.15) is 26.7 Å². The molecule has 0 saturated carbocycles. The summed E-state index contributed by atoms with van der Waals surface area (Å²) in [6.07, 6.45) is 1.10. The summed E-state index contributed by atoms with van der Waals surface area (Å²) in [6, 6.07) is 4.22. The average molecular weight is 324 g/mol. The molecule has 0 radical (unpaired) electrons. The summed E-state index contributed by atoms with van der Waals surface area (Å²) in [5.41, 5.74) is -0.654. The van der Waals surface area contributed by atoms with Crippen molar-refractivity contribution in [2.45, 2.75) is 26.7 Å². The number of hydrogen-bond donors (Lipinski definition) is 1. The van der Waals surface area contributed by atoms with Gasteiger partial charge in [0.05, 0.1) is 17.4 Å². The first-order valence-electron chi connectivity index (χ1n) is 6.30. The van der Waals surface area contributed by atoms with E-state index in [0.717, 1.165) is 0 Å². The molecule has 114 valence electrons. The van der Waals surface area contributed by atoms with Crippen molar-refractivity contribution in [3.05, 3.63) is 29.0 Å². The highest BCUT2D eigenvalue weighted by Crippen LogP contribution is 2.32. The van der Waals surface area contributed by atoms with Crippen molar-refractivity contribution in [1.29, 1.82) is 0 Å². The Labute approximate surface area is 124 Å². The van der Waals surface area contributed by atoms with Crippen LogP contribution in [0.2, 0.25) is 5.02 Å². The second kappa shape index (κ2) is 6.74. The second-order valence-electron chi connectivity index (χ2n) is 4.85. The number of halogens is 2. The van der Waals surface area contributed by atoms with Gasteiger partial charge in [0.25, 0.3) is 0 Å². The summed E-state index contributed by atoms with van der Waals surface area (Å²) < 4.78 is 41.7. The van der Waals surface area contributed by atoms with Gasteiger partial charge in [-0.25, -0.2) is 17.9 Å². The number of hydrogen-bond acceptors (Lipinski definition) is 3. The Morgan fingerprint density at radius 3 is 2.40 bits per heavy atom. The summed E-state index contributed by atoms with van der Waals surface area (Å²) in [7, 11) is -3.64. The normalized spacial score (nSPS) is 12.4. The molecule has 0 aliphatic carbocycles.